The molecule has 0 atom stereocenters. The second kappa shape index (κ2) is 31.0. The van der Waals surface area contributed by atoms with Crippen LogP contribution in [-0.4, -0.2) is 17.9 Å². The maximum Gasteiger partial charge on any atom is 1.00 e. The Bertz CT molecular complexity index is 165. The van der Waals surface area contributed by atoms with Gasteiger partial charge in [0, 0.05) is 17.9 Å². The Labute approximate surface area is 174 Å². The van der Waals surface area contributed by atoms with Gasteiger partial charge in [0.15, 0.2) is 0 Å². The molecular weight excluding hydrogens is 273 g/mol. The first-order chi connectivity index (χ1) is 6.81. The number of hydrogen-bond acceptors (Lipinski definition) is 6. The first-order valence-electron chi connectivity index (χ1n) is 4.41. The average molecular weight is 288 g/mol. The van der Waals surface area contributed by atoms with Gasteiger partial charge in [-0.25, -0.2) is 0 Å². The Hall–Kier alpha value is 1.41. The van der Waals surface area contributed by atoms with E-state index in [0.29, 0.717) is 0 Å². The van der Waals surface area contributed by atoms with Crippen LogP contribution in [0.15, 0.2) is 0 Å². The third-order valence-electron chi connectivity index (χ3n) is 0.866. The normalized spacial score (nSPS) is 6.17. The third-order valence-corrected chi connectivity index (χ3v) is 0.866. The van der Waals surface area contributed by atoms with Gasteiger partial charge in [0.05, 0.1) is 0 Å². The van der Waals surface area contributed by atoms with Crippen molar-refractivity contribution in [2.24, 2.45) is 0 Å². The van der Waals surface area contributed by atoms with Crippen LogP contribution in [0, 0.1) is 0 Å². The Morgan fingerprint density at radius 2 is 0.667 bits per heavy atom. The summed E-state index contributed by atoms with van der Waals surface area (Å²) in [5.41, 5.74) is 0. The van der Waals surface area contributed by atoms with Gasteiger partial charge in [-0.05, 0) is 19.3 Å². The fraction of sp³-hybridized carbons (Fsp3) is 0.667. The smallest absolute Gasteiger partial charge is 0.550 e. The molecule has 9 heteroatoms. The van der Waals surface area contributed by atoms with Crippen LogP contribution in [0.3, 0.4) is 0 Å². The number of rotatable bonds is 3. The minimum absolute atomic E-state index is 0. The number of hydrogen-bond donors (Lipinski definition) is 0. The van der Waals surface area contributed by atoms with E-state index < -0.39 is 17.9 Å². The van der Waals surface area contributed by atoms with Gasteiger partial charge in [0.25, 0.3) is 0 Å². The number of carboxylic acid groups (broad SMARTS) is 3. The average Bonchev–Trinajstić information content (AvgIpc) is 2.19. The van der Waals surface area contributed by atoms with Gasteiger partial charge in [-0.3, -0.25) is 0 Å². The van der Waals surface area contributed by atoms with Crippen molar-refractivity contribution in [3.05, 3.63) is 0 Å². The van der Waals surface area contributed by atoms with Crippen molar-refractivity contribution in [3.8, 4) is 0 Å². The largest absolute Gasteiger partial charge is 1.00 e. The Kier molecular flexibility index (Phi) is 63.1. The van der Waals surface area contributed by atoms with Crippen molar-refractivity contribution >= 4 is 17.9 Å². The summed E-state index contributed by atoms with van der Waals surface area (Å²) in [6, 6.07) is 0. The van der Waals surface area contributed by atoms with Crippen LogP contribution < -0.4 is 104 Å². The predicted octanol–water partition coefficient (Wildman–Crippen LogP) is -11.5. The van der Waals surface area contributed by atoms with Gasteiger partial charge in [-0.1, -0.05) is 20.8 Å². The molecule has 0 aliphatic heterocycles. The zero-order valence-corrected chi connectivity index (χ0v) is 18.1. The molecule has 0 spiro atoms. The first kappa shape index (κ1) is 36.6. The van der Waals surface area contributed by atoms with Gasteiger partial charge in [-0.15, -0.1) is 0 Å². The van der Waals surface area contributed by atoms with Crippen molar-refractivity contribution in [2.45, 2.75) is 40.0 Å². The molecule has 0 saturated carbocycles. The van der Waals surface area contributed by atoms with Crippen LogP contribution in [0.5, 0.6) is 0 Å². The van der Waals surface area contributed by atoms with Crippen molar-refractivity contribution in [2.75, 3.05) is 0 Å². The zero-order valence-electron chi connectivity index (χ0n) is 12.1. The maximum absolute atomic E-state index is 9.26. The monoisotopic (exact) mass is 288 g/mol. The predicted molar refractivity (Wildman–Crippen MR) is 45.9 cm³/mol. The van der Waals surface area contributed by atoms with Crippen LogP contribution in [-0.2, 0) is 14.4 Å². The van der Waals surface area contributed by atoms with Crippen LogP contribution in [0.1, 0.15) is 40.0 Å². The number of carbonyl (C=O) groups excluding carboxylic acids is 3. The summed E-state index contributed by atoms with van der Waals surface area (Å²) in [5, 5.41) is 27.8. The molecule has 0 fully saturated rings. The minimum Gasteiger partial charge on any atom is -0.550 e. The molecule has 0 unspecified atom stereocenters. The molecule has 0 amide bonds. The minimum atomic E-state index is -0.995. The summed E-state index contributed by atoms with van der Waals surface area (Å²) in [6.45, 7) is 4.61. The molecule has 0 heterocycles. The fourth-order valence-electron chi connectivity index (χ4n) is 0. The summed E-state index contributed by atoms with van der Waals surface area (Å²) in [5.74, 6) is -2.99. The van der Waals surface area contributed by atoms with Crippen LogP contribution >= 0.6 is 0 Å². The SMILES string of the molecule is CCC(=O)[O-].CCC(=O)[O-].CCC(=O)[O-].[Na+].[Na+].[Na+]. The van der Waals surface area contributed by atoms with Crippen LogP contribution in [0.2, 0.25) is 0 Å². The quantitative estimate of drug-likeness (QED) is 0.475. The van der Waals surface area contributed by atoms with E-state index in [1.165, 1.54) is 20.8 Å². The van der Waals surface area contributed by atoms with Gasteiger partial charge in [0.1, 0.15) is 0 Å². The van der Waals surface area contributed by atoms with Gasteiger partial charge in [-0.2, -0.15) is 0 Å². The molecule has 0 N–H and O–H groups in total. The molecular formula is C9H15Na3O6. The summed E-state index contributed by atoms with van der Waals surface area (Å²) < 4.78 is 0. The van der Waals surface area contributed by atoms with E-state index in [-0.39, 0.29) is 108 Å². The van der Waals surface area contributed by atoms with Crippen molar-refractivity contribution < 1.29 is 118 Å². The summed E-state index contributed by atoms with van der Waals surface area (Å²) in [6.07, 6.45) is 0.333. The van der Waals surface area contributed by atoms with E-state index in [0.717, 1.165) is 0 Å². The number of carboxylic acids is 3. The van der Waals surface area contributed by atoms with Crippen molar-refractivity contribution in [1.82, 2.24) is 0 Å². The molecule has 0 aliphatic rings. The maximum atomic E-state index is 9.26. The molecule has 0 aromatic heterocycles. The van der Waals surface area contributed by atoms with Gasteiger partial charge >= 0.3 is 88.7 Å². The van der Waals surface area contributed by atoms with Crippen molar-refractivity contribution in [1.29, 1.82) is 0 Å². The van der Waals surface area contributed by atoms with Crippen molar-refractivity contribution in [3.63, 3.8) is 0 Å². The zero-order chi connectivity index (χ0) is 12.9. The molecule has 0 bridgehead atoms. The second-order valence-electron chi connectivity index (χ2n) is 2.18. The van der Waals surface area contributed by atoms with Gasteiger partial charge in [0.2, 0.25) is 0 Å². The Morgan fingerprint density at radius 1 is 0.611 bits per heavy atom. The Morgan fingerprint density at radius 3 is 0.667 bits per heavy atom. The molecule has 90 valence electrons. The molecule has 0 saturated heterocycles. The Balaban J connectivity index is -0.0000000277. The standard InChI is InChI=1S/3C3H6O2.3Na/c3*1-2-3(4)5;;;/h3*2H2,1H3,(H,4,5);;;/q;;;3*+1/p-3. The molecule has 0 rings (SSSR count). The van der Waals surface area contributed by atoms with Crippen LogP contribution in [0.4, 0.5) is 0 Å². The van der Waals surface area contributed by atoms with Gasteiger partial charge < -0.3 is 29.7 Å². The molecule has 0 aromatic rings. The topological polar surface area (TPSA) is 120 Å². The number of carbonyl (C=O) groups is 3. The van der Waals surface area contributed by atoms with E-state index in [1.54, 1.807) is 0 Å². The molecule has 0 radical (unpaired) electrons. The van der Waals surface area contributed by atoms with E-state index in [2.05, 4.69) is 0 Å². The molecule has 0 aliphatic carbocycles. The third kappa shape index (κ3) is 85.4. The summed E-state index contributed by atoms with van der Waals surface area (Å²) in [7, 11) is 0. The second-order valence-corrected chi connectivity index (χ2v) is 2.18. The molecule has 18 heavy (non-hydrogen) atoms. The molecule has 0 aromatic carbocycles. The van der Waals surface area contributed by atoms with E-state index in [1.807, 2.05) is 0 Å². The fourth-order valence-corrected chi connectivity index (χ4v) is 0. The summed E-state index contributed by atoms with van der Waals surface area (Å²) >= 11 is 0. The van der Waals surface area contributed by atoms with E-state index >= 15 is 0 Å². The number of aliphatic carboxylic acids is 3. The van der Waals surface area contributed by atoms with E-state index in [9.17, 15) is 29.7 Å². The summed E-state index contributed by atoms with van der Waals surface area (Å²) in [4.78, 5) is 27.8. The first-order valence-corrected chi connectivity index (χ1v) is 4.41. The van der Waals surface area contributed by atoms with Crippen LogP contribution in [0.25, 0.3) is 0 Å². The molecule has 6 nitrogen and oxygen atoms in total. The van der Waals surface area contributed by atoms with E-state index in [4.69, 9.17) is 0 Å².